The Labute approximate surface area is 194 Å². The van der Waals surface area contributed by atoms with E-state index in [0.29, 0.717) is 18.4 Å². The van der Waals surface area contributed by atoms with E-state index < -0.39 is 5.97 Å². The molecule has 1 heterocycles. The number of ether oxygens (including phenoxy) is 1. The van der Waals surface area contributed by atoms with Crippen LogP contribution in [0.15, 0.2) is 59.6 Å². The lowest BCUT2D eigenvalue weighted by molar-refractivity contribution is -0.142. The van der Waals surface area contributed by atoms with Crippen LogP contribution in [-0.2, 0) is 16.1 Å². The molecule has 0 amide bonds. The lowest BCUT2D eigenvalue weighted by atomic mass is 9.82. The van der Waals surface area contributed by atoms with E-state index >= 15 is 0 Å². The number of carboxylic acid groups (broad SMARTS) is 1. The van der Waals surface area contributed by atoms with E-state index in [1.165, 1.54) is 5.56 Å². The monoisotopic (exact) mass is 450 g/mol. The van der Waals surface area contributed by atoms with Gasteiger partial charge in [-0.25, -0.2) is 4.79 Å². The molecule has 32 heavy (non-hydrogen) atoms. The molecule has 1 N–H and O–H groups in total. The molecule has 0 aliphatic heterocycles. The second-order valence-electron chi connectivity index (χ2n) is 8.76. The van der Waals surface area contributed by atoms with Crippen LogP contribution in [0.3, 0.4) is 0 Å². The molecule has 168 valence electrons. The fourth-order valence-electron chi connectivity index (χ4n) is 4.50. The summed E-state index contributed by atoms with van der Waals surface area (Å²) >= 11 is 4.92. The summed E-state index contributed by atoms with van der Waals surface area (Å²) in [6, 6.07) is 18.8. The van der Waals surface area contributed by atoms with E-state index in [2.05, 4.69) is 48.0 Å². The maximum atomic E-state index is 10.6. The molecule has 5 nitrogen and oxygen atoms in total. The fourth-order valence-corrected chi connectivity index (χ4v) is 4.86. The van der Waals surface area contributed by atoms with Crippen LogP contribution in [0.2, 0.25) is 0 Å². The zero-order valence-electron chi connectivity index (χ0n) is 18.4. The number of rotatable bonds is 8. The summed E-state index contributed by atoms with van der Waals surface area (Å²) in [5.74, 6) is 0.0741. The highest BCUT2D eigenvalue weighted by Gasteiger charge is 2.25. The summed E-state index contributed by atoms with van der Waals surface area (Å²) in [5.41, 5.74) is 5.50. The first-order chi connectivity index (χ1) is 15.5. The third kappa shape index (κ3) is 5.43. The average Bonchev–Trinajstić information content (AvgIpc) is 3.11. The van der Waals surface area contributed by atoms with Gasteiger partial charge >= 0.3 is 5.97 Å². The summed E-state index contributed by atoms with van der Waals surface area (Å²) < 4.78 is 7.37. The van der Waals surface area contributed by atoms with Crippen LogP contribution in [0.25, 0.3) is 22.4 Å². The first-order valence-electron chi connectivity index (χ1n) is 11.2. The van der Waals surface area contributed by atoms with Gasteiger partial charge in [0, 0.05) is 17.7 Å². The number of aromatic nitrogens is 2. The summed E-state index contributed by atoms with van der Waals surface area (Å²) in [7, 11) is 0. The SMILES string of the molecule is Cc1ccc(-c2nn(C[C@H]3CC[C@@H](COCC(=O)O)CC3)c(S)c2-c2ccccc2)cc1. The van der Waals surface area contributed by atoms with Crippen LogP contribution in [0.1, 0.15) is 31.2 Å². The van der Waals surface area contributed by atoms with Crippen molar-refractivity contribution in [3.63, 3.8) is 0 Å². The molecule has 0 bridgehead atoms. The van der Waals surface area contributed by atoms with Crippen LogP contribution in [0.5, 0.6) is 0 Å². The number of hydrogen-bond donors (Lipinski definition) is 2. The number of nitrogens with zero attached hydrogens (tertiary/aromatic N) is 2. The van der Waals surface area contributed by atoms with Gasteiger partial charge in [0.1, 0.15) is 12.3 Å². The van der Waals surface area contributed by atoms with Gasteiger partial charge in [0.25, 0.3) is 0 Å². The van der Waals surface area contributed by atoms with Crippen molar-refractivity contribution in [1.29, 1.82) is 0 Å². The lowest BCUT2D eigenvalue weighted by Gasteiger charge is -2.28. The molecule has 0 atom stereocenters. The topological polar surface area (TPSA) is 64.4 Å². The number of hydrogen-bond acceptors (Lipinski definition) is 4. The Hall–Kier alpha value is -2.57. The number of benzene rings is 2. The molecule has 0 spiro atoms. The Morgan fingerprint density at radius 3 is 2.34 bits per heavy atom. The maximum absolute atomic E-state index is 10.6. The van der Waals surface area contributed by atoms with Crippen LogP contribution in [0.4, 0.5) is 0 Å². The molecule has 0 saturated heterocycles. The molecule has 1 fully saturated rings. The van der Waals surface area contributed by atoms with E-state index in [9.17, 15) is 4.79 Å². The zero-order chi connectivity index (χ0) is 22.5. The molecular weight excluding hydrogens is 420 g/mol. The number of carboxylic acids is 1. The first-order valence-corrected chi connectivity index (χ1v) is 11.7. The number of aliphatic carboxylic acids is 1. The predicted molar refractivity (Wildman–Crippen MR) is 129 cm³/mol. The molecular formula is C26H30N2O3S. The molecule has 1 aromatic heterocycles. The third-order valence-electron chi connectivity index (χ3n) is 6.29. The zero-order valence-corrected chi connectivity index (χ0v) is 19.3. The van der Waals surface area contributed by atoms with Crippen LogP contribution >= 0.6 is 12.6 Å². The highest BCUT2D eigenvalue weighted by Crippen LogP contribution is 2.38. The Bertz CT molecular complexity index is 1040. The summed E-state index contributed by atoms with van der Waals surface area (Å²) in [6.45, 7) is 3.26. The quantitative estimate of drug-likeness (QED) is 0.431. The van der Waals surface area contributed by atoms with Gasteiger partial charge < -0.3 is 9.84 Å². The van der Waals surface area contributed by atoms with E-state index in [0.717, 1.165) is 59.6 Å². The molecule has 1 aliphatic rings. The number of aryl methyl sites for hydroxylation is 1. The van der Waals surface area contributed by atoms with E-state index in [1.54, 1.807) is 0 Å². The number of carbonyl (C=O) groups is 1. The first kappa shape index (κ1) is 22.6. The van der Waals surface area contributed by atoms with Gasteiger partial charge in [-0.2, -0.15) is 5.10 Å². The lowest BCUT2D eigenvalue weighted by Crippen LogP contribution is -2.23. The molecule has 0 unspecified atom stereocenters. The molecule has 2 aromatic carbocycles. The van der Waals surface area contributed by atoms with Gasteiger partial charge in [-0.1, -0.05) is 60.2 Å². The van der Waals surface area contributed by atoms with Gasteiger partial charge in [0.15, 0.2) is 0 Å². The molecule has 0 radical (unpaired) electrons. The molecule has 1 saturated carbocycles. The van der Waals surface area contributed by atoms with Crippen molar-refractivity contribution in [2.24, 2.45) is 11.8 Å². The second-order valence-corrected chi connectivity index (χ2v) is 9.18. The summed E-state index contributed by atoms with van der Waals surface area (Å²) in [4.78, 5) is 10.6. The average molecular weight is 451 g/mol. The molecule has 4 rings (SSSR count). The Morgan fingerprint density at radius 2 is 1.69 bits per heavy atom. The Morgan fingerprint density at radius 1 is 1.03 bits per heavy atom. The minimum atomic E-state index is -0.905. The Balaban J connectivity index is 1.51. The van der Waals surface area contributed by atoms with E-state index in [-0.39, 0.29) is 6.61 Å². The van der Waals surface area contributed by atoms with Gasteiger partial charge in [0.2, 0.25) is 0 Å². The predicted octanol–water partition coefficient (Wildman–Crippen LogP) is 5.72. The fraction of sp³-hybridized carbons (Fsp3) is 0.385. The maximum Gasteiger partial charge on any atom is 0.329 e. The van der Waals surface area contributed by atoms with Crippen molar-refractivity contribution in [3.8, 4) is 22.4 Å². The molecule has 6 heteroatoms. The smallest absolute Gasteiger partial charge is 0.329 e. The summed E-state index contributed by atoms with van der Waals surface area (Å²) in [5, 5.41) is 14.7. The highest BCUT2D eigenvalue weighted by atomic mass is 32.1. The van der Waals surface area contributed by atoms with Gasteiger partial charge in [-0.15, -0.1) is 12.6 Å². The van der Waals surface area contributed by atoms with Crippen molar-refractivity contribution < 1.29 is 14.6 Å². The van der Waals surface area contributed by atoms with Gasteiger partial charge in [0.05, 0.1) is 11.6 Å². The second kappa shape index (κ2) is 10.4. The van der Waals surface area contributed by atoms with Crippen molar-refractivity contribution in [1.82, 2.24) is 9.78 Å². The van der Waals surface area contributed by atoms with Crippen LogP contribution in [0, 0.1) is 18.8 Å². The summed E-state index contributed by atoms with van der Waals surface area (Å²) in [6.07, 6.45) is 4.30. The molecule has 1 aliphatic carbocycles. The van der Waals surface area contributed by atoms with Gasteiger partial charge in [-0.3, -0.25) is 4.68 Å². The minimum Gasteiger partial charge on any atom is -0.480 e. The largest absolute Gasteiger partial charge is 0.480 e. The normalized spacial score (nSPS) is 18.6. The van der Waals surface area contributed by atoms with Crippen molar-refractivity contribution >= 4 is 18.6 Å². The van der Waals surface area contributed by atoms with Crippen molar-refractivity contribution in [3.05, 3.63) is 60.2 Å². The minimum absolute atomic E-state index is 0.208. The van der Waals surface area contributed by atoms with Crippen LogP contribution < -0.4 is 0 Å². The van der Waals surface area contributed by atoms with E-state index in [1.807, 2.05) is 18.2 Å². The van der Waals surface area contributed by atoms with E-state index in [4.69, 9.17) is 27.6 Å². The Kier molecular flexibility index (Phi) is 7.33. The number of thiol groups is 1. The molecule has 3 aromatic rings. The van der Waals surface area contributed by atoms with Gasteiger partial charge in [-0.05, 0) is 50.0 Å². The standard InChI is InChI=1S/C26H30N2O3S/c1-18-7-13-22(14-8-18)25-24(21-5-3-2-4-6-21)26(32)28(27-25)15-19-9-11-20(12-10-19)16-31-17-23(29)30/h2-8,13-14,19-20,32H,9-12,15-17H2,1H3,(H,29,30)/t19-,20+. The highest BCUT2D eigenvalue weighted by molar-refractivity contribution is 7.80. The third-order valence-corrected chi connectivity index (χ3v) is 6.74. The van der Waals surface area contributed by atoms with Crippen molar-refractivity contribution in [2.45, 2.75) is 44.2 Å². The van der Waals surface area contributed by atoms with Crippen LogP contribution in [-0.4, -0.2) is 34.1 Å². The van der Waals surface area contributed by atoms with Crippen molar-refractivity contribution in [2.75, 3.05) is 13.2 Å².